The van der Waals surface area contributed by atoms with Gasteiger partial charge in [0.15, 0.2) is 5.82 Å². The summed E-state index contributed by atoms with van der Waals surface area (Å²) in [6.45, 7) is 6.12. The zero-order valence-corrected chi connectivity index (χ0v) is 13.2. The lowest BCUT2D eigenvalue weighted by atomic mass is 10.1. The minimum Gasteiger partial charge on any atom is -0.353 e. The van der Waals surface area contributed by atoms with Crippen molar-refractivity contribution >= 4 is 5.82 Å². The number of rotatable bonds is 2. The lowest BCUT2D eigenvalue weighted by Gasteiger charge is -2.25. The third-order valence-corrected chi connectivity index (χ3v) is 4.71. The van der Waals surface area contributed by atoms with Gasteiger partial charge in [-0.3, -0.25) is 4.68 Å². The number of fused-ring (bicyclic) bond motifs is 1. The Kier molecular flexibility index (Phi) is 3.33. The van der Waals surface area contributed by atoms with Crippen molar-refractivity contribution in [2.45, 2.75) is 32.4 Å². The van der Waals surface area contributed by atoms with E-state index in [2.05, 4.69) is 56.0 Å². The Hall–Kier alpha value is -1.95. The van der Waals surface area contributed by atoms with Crippen LogP contribution in [0.1, 0.15) is 29.3 Å². The summed E-state index contributed by atoms with van der Waals surface area (Å²) < 4.78 is 2.09. The maximum atomic E-state index is 4.46. The van der Waals surface area contributed by atoms with E-state index in [0.29, 0.717) is 6.04 Å². The molecule has 0 radical (unpaired) electrons. The maximum Gasteiger partial charge on any atom is 0.151 e. The molecule has 2 aromatic heterocycles. The lowest BCUT2D eigenvalue weighted by molar-refractivity contribution is 0.308. The highest BCUT2D eigenvalue weighted by atomic mass is 15.3. The second kappa shape index (κ2) is 5.35. The van der Waals surface area contributed by atoms with Crippen molar-refractivity contribution < 1.29 is 0 Å². The normalized spacial score (nSPS) is 22.1. The van der Waals surface area contributed by atoms with Gasteiger partial charge in [-0.25, -0.2) is 0 Å². The fourth-order valence-corrected chi connectivity index (χ4v) is 3.41. The quantitative estimate of drug-likeness (QED) is 0.839. The third kappa shape index (κ3) is 2.47. The first-order chi connectivity index (χ1) is 10.7. The number of hydrogen-bond donors (Lipinski definition) is 0. The summed E-state index contributed by atoms with van der Waals surface area (Å²) in [7, 11) is 2.16. The molecule has 4 heterocycles. The number of aromatic nitrogens is 4. The van der Waals surface area contributed by atoms with Crippen LogP contribution in [-0.2, 0) is 13.0 Å². The van der Waals surface area contributed by atoms with Gasteiger partial charge >= 0.3 is 0 Å². The summed E-state index contributed by atoms with van der Waals surface area (Å²) in [5.74, 6) is 1.01. The SMILES string of the molecule is Cc1cnn(C2CCN(c3cc4c(nn3)CCN(C)C4)C2)c1. The van der Waals surface area contributed by atoms with Crippen LogP contribution >= 0.6 is 0 Å². The van der Waals surface area contributed by atoms with Gasteiger partial charge < -0.3 is 9.80 Å². The summed E-state index contributed by atoms with van der Waals surface area (Å²) >= 11 is 0. The molecule has 2 aromatic rings. The molecule has 0 aliphatic carbocycles. The Morgan fingerprint density at radius 3 is 2.95 bits per heavy atom. The molecule has 1 atom stereocenters. The highest BCUT2D eigenvalue weighted by molar-refractivity contribution is 5.43. The molecule has 1 saturated heterocycles. The fourth-order valence-electron chi connectivity index (χ4n) is 3.41. The Morgan fingerprint density at radius 1 is 1.23 bits per heavy atom. The predicted molar refractivity (Wildman–Crippen MR) is 84.9 cm³/mol. The Morgan fingerprint density at radius 2 is 2.14 bits per heavy atom. The minimum absolute atomic E-state index is 0.439. The van der Waals surface area contributed by atoms with Crippen molar-refractivity contribution in [3.8, 4) is 0 Å². The molecule has 0 aromatic carbocycles. The highest BCUT2D eigenvalue weighted by Gasteiger charge is 2.26. The van der Waals surface area contributed by atoms with E-state index in [1.165, 1.54) is 16.8 Å². The summed E-state index contributed by atoms with van der Waals surface area (Å²) in [6.07, 6.45) is 6.17. The second-order valence-corrected chi connectivity index (χ2v) is 6.55. The zero-order chi connectivity index (χ0) is 15.1. The van der Waals surface area contributed by atoms with Crippen molar-refractivity contribution in [3.63, 3.8) is 0 Å². The molecule has 1 unspecified atom stereocenters. The van der Waals surface area contributed by atoms with Crippen LogP contribution in [0.25, 0.3) is 0 Å². The molecule has 116 valence electrons. The predicted octanol–water partition coefficient (Wildman–Crippen LogP) is 1.42. The van der Waals surface area contributed by atoms with E-state index in [9.17, 15) is 0 Å². The largest absolute Gasteiger partial charge is 0.353 e. The van der Waals surface area contributed by atoms with Crippen LogP contribution in [0.4, 0.5) is 5.82 Å². The first-order valence-corrected chi connectivity index (χ1v) is 7.99. The zero-order valence-electron chi connectivity index (χ0n) is 13.2. The van der Waals surface area contributed by atoms with Gasteiger partial charge in [-0.05, 0) is 37.6 Å². The molecule has 0 N–H and O–H groups in total. The van der Waals surface area contributed by atoms with Crippen molar-refractivity contribution in [1.29, 1.82) is 0 Å². The summed E-state index contributed by atoms with van der Waals surface area (Å²) in [5, 5.41) is 13.4. The first kappa shape index (κ1) is 13.7. The minimum atomic E-state index is 0.439. The average molecular weight is 298 g/mol. The molecular weight excluding hydrogens is 276 g/mol. The van der Waals surface area contributed by atoms with Gasteiger partial charge in [-0.1, -0.05) is 0 Å². The van der Waals surface area contributed by atoms with Crippen LogP contribution < -0.4 is 4.90 Å². The van der Waals surface area contributed by atoms with Gasteiger partial charge in [-0.15, -0.1) is 5.10 Å². The topological polar surface area (TPSA) is 50.1 Å². The summed E-state index contributed by atoms with van der Waals surface area (Å²) in [5.41, 5.74) is 3.72. The van der Waals surface area contributed by atoms with Crippen LogP contribution in [0.15, 0.2) is 18.5 Å². The first-order valence-electron chi connectivity index (χ1n) is 7.99. The van der Waals surface area contributed by atoms with Gasteiger partial charge in [0.1, 0.15) is 0 Å². The molecule has 6 heteroatoms. The van der Waals surface area contributed by atoms with E-state index in [0.717, 1.165) is 44.8 Å². The van der Waals surface area contributed by atoms with E-state index in [4.69, 9.17) is 0 Å². The number of aryl methyl sites for hydroxylation is 1. The fraction of sp³-hybridized carbons (Fsp3) is 0.562. The molecule has 4 rings (SSSR count). The number of hydrogen-bond acceptors (Lipinski definition) is 5. The van der Waals surface area contributed by atoms with Gasteiger partial charge in [0, 0.05) is 38.8 Å². The molecule has 6 nitrogen and oxygen atoms in total. The Bertz CT molecular complexity index is 679. The average Bonchev–Trinajstić information content (AvgIpc) is 3.15. The van der Waals surface area contributed by atoms with Crippen LogP contribution in [-0.4, -0.2) is 51.6 Å². The molecule has 2 aliphatic rings. The van der Waals surface area contributed by atoms with Crippen molar-refractivity contribution in [3.05, 3.63) is 35.3 Å². The maximum absolute atomic E-state index is 4.46. The molecular formula is C16H22N6. The van der Waals surface area contributed by atoms with Crippen LogP contribution in [0.2, 0.25) is 0 Å². The molecule has 2 aliphatic heterocycles. The smallest absolute Gasteiger partial charge is 0.151 e. The summed E-state index contributed by atoms with van der Waals surface area (Å²) in [4.78, 5) is 4.68. The van der Waals surface area contributed by atoms with Gasteiger partial charge in [0.2, 0.25) is 0 Å². The van der Waals surface area contributed by atoms with E-state index in [-0.39, 0.29) is 0 Å². The second-order valence-electron chi connectivity index (χ2n) is 6.55. The van der Waals surface area contributed by atoms with Gasteiger partial charge in [0.05, 0.1) is 17.9 Å². The Labute approximate surface area is 130 Å². The van der Waals surface area contributed by atoms with E-state index >= 15 is 0 Å². The van der Waals surface area contributed by atoms with Crippen molar-refractivity contribution in [1.82, 2.24) is 24.9 Å². The van der Waals surface area contributed by atoms with E-state index in [1.54, 1.807) is 0 Å². The molecule has 0 spiro atoms. The van der Waals surface area contributed by atoms with Crippen LogP contribution in [0.5, 0.6) is 0 Å². The third-order valence-electron chi connectivity index (χ3n) is 4.71. The number of likely N-dealkylation sites (N-methyl/N-ethyl adjacent to an activating group) is 1. The standard InChI is InChI=1S/C16H22N6/c1-12-8-17-22(9-12)14-3-6-21(11-14)16-7-13-10-20(2)5-4-15(13)18-19-16/h7-9,14H,3-6,10-11H2,1-2H3. The van der Waals surface area contributed by atoms with E-state index in [1.807, 2.05) is 6.20 Å². The van der Waals surface area contributed by atoms with Crippen molar-refractivity contribution in [2.75, 3.05) is 31.6 Å². The monoisotopic (exact) mass is 298 g/mol. The highest BCUT2D eigenvalue weighted by Crippen LogP contribution is 2.27. The lowest BCUT2D eigenvalue weighted by Crippen LogP contribution is -2.29. The molecule has 1 fully saturated rings. The number of nitrogens with zero attached hydrogens (tertiary/aromatic N) is 6. The van der Waals surface area contributed by atoms with Gasteiger partial charge in [-0.2, -0.15) is 10.2 Å². The summed E-state index contributed by atoms with van der Waals surface area (Å²) in [6, 6.07) is 2.67. The van der Waals surface area contributed by atoms with E-state index < -0.39 is 0 Å². The molecule has 0 amide bonds. The van der Waals surface area contributed by atoms with Crippen LogP contribution in [0.3, 0.4) is 0 Å². The van der Waals surface area contributed by atoms with Crippen molar-refractivity contribution in [2.24, 2.45) is 0 Å². The molecule has 22 heavy (non-hydrogen) atoms. The molecule has 0 saturated carbocycles. The number of anilines is 1. The van der Waals surface area contributed by atoms with Gasteiger partial charge in [0.25, 0.3) is 0 Å². The molecule has 0 bridgehead atoms. The Balaban J connectivity index is 1.52. The van der Waals surface area contributed by atoms with Crippen LogP contribution in [0, 0.1) is 6.92 Å².